The Balaban J connectivity index is 2.36. The Labute approximate surface area is 184 Å². The number of pyridine rings is 1. The Kier molecular flexibility index (Phi) is 6.14. The van der Waals surface area contributed by atoms with Crippen molar-refractivity contribution in [3.8, 4) is 0 Å². The molecule has 0 saturated heterocycles. The Bertz CT molecular complexity index is 1360. The van der Waals surface area contributed by atoms with Gasteiger partial charge in [0.1, 0.15) is 17.0 Å². The molecule has 2 aromatic rings. The van der Waals surface area contributed by atoms with E-state index in [1.807, 2.05) is 0 Å². The molecule has 1 saturated carbocycles. The fraction of sp³-hybridized carbons (Fsp3) is 0.409. The number of imidazole rings is 1. The fourth-order valence-corrected chi connectivity index (χ4v) is 4.82. The van der Waals surface area contributed by atoms with Gasteiger partial charge >= 0.3 is 6.18 Å². The molecule has 32 heavy (non-hydrogen) atoms. The third-order valence-electron chi connectivity index (χ3n) is 5.59. The summed E-state index contributed by atoms with van der Waals surface area (Å²) in [5, 5.41) is 0. The van der Waals surface area contributed by atoms with E-state index in [1.165, 1.54) is 25.5 Å². The quantitative estimate of drug-likeness (QED) is 0.473. The molecule has 3 rings (SSSR count). The summed E-state index contributed by atoms with van der Waals surface area (Å²) in [7, 11) is -1.19. The average molecular weight is 468 g/mol. The molecule has 0 atom stereocenters. The number of rotatable bonds is 6. The highest BCUT2D eigenvalue weighted by molar-refractivity contribution is 7.95. The van der Waals surface area contributed by atoms with Crippen LogP contribution in [0.2, 0.25) is 0 Å². The second-order valence-electron chi connectivity index (χ2n) is 7.78. The maximum absolute atomic E-state index is 13.3. The van der Waals surface area contributed by atoms with E-state index in [9.17, 15) is 26.4 Å². The molecule has 1 aliphatic carbocycles. The van der Waals surface area contributed by atoms with Gasteiger partial charge in [-0.3, -0.25) is 4.79 Å². The minimum Gasteiger partial charge on any atom is -0.323 e. The molecule has 2 aromatic heterocycles. The van der Waals surface area contributed by atoms with Gasteiger partial charge in [-0.15, -0.1) is 5.73 Å². The van der Waals surface area contributed by atoms with Crippen molar-refractivity contribution in [2.24, 2.45) is 20.0 Å². The normalized spacial score (nSPS) is 16.2. The van der Waals surface area contributed by atoms with E-state index in [-0.39, 0.29) is 39.0 Å². The summed E-state index contributed by atoms with van der Waals surface area (Å²) in [6, 6.07) is 0.799. The number of allylic oxidation sites excluding steroid dienone is 4. The smallest absolute Gasteiger partial charge is 0.323 e. The molecule has 0 radical (unpaired) electrons. The van der Waals surface area contributed by atoms with E-state index in [0.29, 0.717) is 4.57 Å². The molecule has 0 unspecified atom stereocenters. The van der Waals surface area contributed by atoms with E-state index in [4.69, 9.17) is 0 Å². The Morgan fingerprint density at radius 3 is 2.44 bits per heavy atom. The lowest BCUT2D eigenvalue weighted by Crippen LogP contribution is -2.26. The first-order valence-corrected chi connectivity index (χ1v) is 11.6. The Morgan fingerprint density at radius 1 is 1.31 bits per heavy atom. The maximum atomic E-state index is 13.3. The monoisotopic (exact) mass is 467 g/mol. The minimum atomic E-state index is -4.74. The summed E-state index contributed by atoms with van der Waals surface area (Å²) in [4.78, 5) is 16.9. The zero-order valence-electron chi connectivity index (χ0n) is 18.2. The summed E-state index contributed by atoms with van der Waals surface area (Å²) in [6.45, 7) is 6.61. The van der Waals surface area contributed by atoms with Crippen LogP contribution in [0.15, 0.2) is 45.8 Å². The van der Waals surface area contributed by atoms with Gasteiger partial charge in [0, 0.05) is 19.7 Å². The number of nitrogens with zero attached hydrogens (tertiary/aromatic N) is 3. The molecule has 1 fully saturated rings. The number of alkyl halides is 3. The highest BCUT2D eigenvalue weighted by atomic mass is 32.2. The molecule has 0 aliphatic heterocycles. The van der Waals surface area contributed by atoms with Crippen LogP contribution in [0.1, 0.15) is 38.2 Å². The zero-order chi connectivity index (χ0) is 24.0. The molecule has 0 N–H and O–H groups in total. The minimum absolute atomic E-state index is 0.0136. The molecule has 10 heteroatoms. The van der Waals surface area contributed by atoms with Gasteiger partial charge in [0.15, 0.2) is 9.84 Å². The molecule has 1 aliphatic rings. The van der Waals surface area contributed by atoms with Crippen molar-refractivity contribution < 1.29 is 21.6 Å². The zero-order valence-corrected chi connectivity index (χ0v) is 19.1. The fourth-order valence-electron chi connectivity index (χ4n) is 3.64. The van der Waals surface area contributed by atoms with Crippen LogP contribution >= 0.6 is 0 Å². The van der Waals surface area contributed by atoms with E-state index < -0.39 is 27.3 Å². The molecule has 0 bridgehead atoms. The van der Waals surface area contributed by atoms with Gasteiger partial charge < -0.3 is 9.13 Å². The van der Waals surface area contributed by atoms with Crippen molar-refractivity contribution in [3.63, 3.8) is 0 Å². The first kappa shape index (κ1) is 23.8. The maximum Gasteiger partial charge on any atom is 0.431 e. The standard InChI is InChI=1S/C22H24F3N3O3S/c1-6-8-15(14-9-10-14)11-17(32(30,31)7-2)13(3)20-26-16-12-18(22(23,24)25)27(4)21(29)19(16)28(20)5/h8,11-12,14H,1,7,9-10H2,2-5H3/b15-11+,17-13-. The summed E-state index contributed by atoms with van der Waals surface area (Å²) in [6.07, 6.45) is 0.301. The first-order chi connectivity index (χ1) is 14.8. The van der Waals surface area contributed by atoms with Crippen molar-refractivity contribution in [1.29, 1.82) is 0 Å². The molecule has 0 spiro atoms. The Hall–Kier alpha value is -2.84. The van der Waals surface area contributed by atoms with Gasteiger partial charge in [0.2, 0.25) is 0 Å². The molecular weight excluding hydrogens is 443 g/mol. The molecule has 172 valence electrons. The van der Waals surface area contributed by atoms with Crippen molar-refractivity contribution in [3.05, 3.63) is 62.9 Å². The van der Waals surface area contributed by atoms with Gasteiger partial charge in [-0.2, -0.15) is 13.2 Å². The van der Waals surface area contributed by atoms with Gasteiger partial charge in [-0.25, -0.2) is 13.4 Å². The molecule has 0 aromatic carbocycles. The third-order valence-corrected chi connectivity index (χ3v) is 7.44. The number of aryl methyl sites for hydroxylation is 1. The van der Waals surface area contributed by atoms with Crippen molar-refractivity contribution >= 4 is 26.4 Å². The highest BCUT2D eigenvalue weighted by Crippen LogP contribution is 2.39. The lowest BCUT2D eigenvalue weighted by molar-refractivity contribution is -0.143. The van der Waals surface area contributed by atoms with Crippen LogP contribution in [0.3, 0.4) is 0 Å². The number of aromatic nitrogens is 3. The van der Waals surface area contributed by atoms with E-state index >= 15 is 0 Å². The summed E-state index contributed by atoms with van der Waals surface area (Å²) in [5.41, 5.74) is 1.50. The number of fused-ring (bicyclic) bond motifs is 1. The van der Waals surface area contributed by atoms with Crippen LogP contribution in [0.25, 0.3) is 16.6 Å². The van der Waals surface area contributed by atoms with E-state index in [0.717, 1.165) is 31.5 Å². The van der Waals surface area contributed by atoms with Gasteiger partial charge in [-0.1, -0.05) is 13.5 Å². The van der Waals surface area contributed by atoms with Crippen LogP contribution in [0, 0.1) is 5.92 Å². The third kappa shape index (κ3) is 4.25. The predicted molar refractivity (Wildman–Crippen MR) is 118 cm³/mol. The SMILES string of the molecule is C=C=C/C(=C\C(=C(/C)c1nc2cc(C(F)(F)F)n(C)c(=O)c2n1C)S(=O)(=O)CC)C1CC1. The van der Waals surface area contributed by atoms with Gasteiger partial charge in [0.25, 0.3) is 5.56 Å². The number of sulfone groups is 1. The van der Waals surface area contributed by atoms with Crippen molar-refractivity contribution in [2.45, 2.75) is 32.9 Å². The number of halogens is 3. The van der Waals surface area contributed by atoms with Crippen LogP contribution in [0.5, 0.6) is 0 Å². The van der Waals surface area contributed by atoms with Crippen LogP contribution < -0.4 is 5.56 Å². The summed E-state index contributed by atoms with van der Waals surface area (Å²) in [5.74, 6) is 0.147. The van der Waals surface area contributed by atoms with E-state index in [1.54, 1.807) is 12.2 Å². The topological polar surface area (TPSA) is 74.0 Å². The second-order valence-corrected chi connectivity index (χ2v) is 10.0. The molecule has 0 amide bonds. The molecule has 6 nitrogen and oxygen atoms in total. The summed E-state index contributed by atoms with van der Waals surface area (Å²) >= 11 is 0. The van der Waals surface area contributed by atoms with Gasteiger partial charge in [0.05, 0.1) is 16.2 Å². The van der Waals surface area contributed by atoms with Crippen LogP contribution in [-0.4, -0.2) is 28.3 Å². The molecule has 2 heterocycles. The van der Waals surface area contributed by atoms with Gasteiger partial charge in [-0.05, 0) is 49.5 Å². The highest BCUT2D eigenvalue weighted by Gasteiger charge is 2.35. The van der Waals surface area contributed by atoms with Crippen molar-refractivity contribution in [1.82, 2.24) is 14.1 Å². The van der Waals surface area contributed by atoms with Crippen molar-refractivity contribution in [2.75, 3.05) is 5.75 Å². The number of hydrogen-bond donors (Lipinski definition) is 0. The Morgan fingerprint density at radius 2 is 1.94 bits per heavy atom. The number of hydrogen-bond acceptors (Lipinski definition) is 4. The van der Waals surface area contributed by atoms with E-state index in [2.05, 4.69) is 17.3 Å². The average Bonchev–Trinajstić information content (AvgIpc) is 3.49. The lowest BCUT2D eigenvalue weighted by Gasteiger charge is -2.12. The first-order valence-electron chi connectivity index (χ1n) is 9.98. The summed E-state index contributed by atoms with van der Waals surface area (Å²) < 4.78 is 67.8. The molecular formula is C22H24F3N3O3S. The largest absolute Gasteiger partial charge is 0.431 e. The lowest BCUT2D eigenvalue weighted by atomic mass is 10.1. The second kappa shape index (κ2) is 8.26. The van der Waals surface area contributed by atoms with Crippen LogP contribution in [-0.2, 0) is 30.1 Å². The predicted octanol–water partition coefficient (Wildman–Crippen LogP) is 4.13. The van der Waals surface area contributed by atoms with Crippen LogP contribution in [0.4, 0.5) is 13.2 Å².